The molecule has 0 bridgehead atoms. The summed E-state index contributed by atoms with van der Waals surface area (Å²) in [6, 6.07) is 0.288. The standard InChI is InChI=1S/C12H25N3O2/c1-5-8(11(13)15-16)14-9-7-10(17-6-2)12(9,3)4/h8-10,14,16H,5-7H2,1-4H3,(H2,13,15). The number of hydrogen-bond donors (Lipinski definition) is 3. The fourth-order valence-electron chi connectivity index (χ4n) is 2.38. The van der Waals surface area contributed by atoms with E-state index in [1.807, 2.05) is 13.8 Å². The second kappa shape index (κ2) is 5.69. The lowest BCUT2D eigenvalue weighted by molar-refractivity contribution is -0.115. The van der Waals surface area contributed by atoms with Gasteiger partial charge in [-0.3, -0.25) is 0 Å². The van der Waals surface area contributed by atoms with Crippen LogP contribution in [0.4, 0.5) is 0 Å². The van der Waals surface area contributed by atoms with Crippen molar-refractivity contribution in [2.24, 2.45) is 16.3 Å². The van der Waals surface area contributed by atoms with Crippen molar-refractivity contribution >= 4 is 5.84 Å². The van der Waals surface area contributed by atoms with E-state index in [0.29, 0.717) is 12.1 Å². The first kappa shape index (κ1) is 14.3. The third-order valence-corrected chi connectivity index (χ3v) is 3.83. The van der Waals surface area contributed by atoms with E-state index < -0.39 is 0 Å². The van der Waals surface area contributed by atoms with Gasteiger partial charge in [-0.1, -0.05) is 25.9 Å². The van der Waals surface area contributed by atoms with Gasteiger partial charge in [0.2, 0.25) is 0 Å². The number of amidine groups is 1. The largest absolute Gasteiger partial charge is 0.409 e. The van der Waals surface area contributed by atoms with Gasteiger partial charge < -0.3 is 21.0 Å². The molecular weight excluding hydrogens is 218 g/mol. The van der Waals surface area contributed by atoms with E-state index in [2.05, 4.69) is 24.3 Å². The molecule has 0 spiro atoms. The molecule has 0 amide bonds. The second-order valence-electron chi connectivity index (χ2n) is 5.21. The summed E-state index contributed by atoms with van der Waals surface area (Å²) in [7, 11) is 0. The highest BCUT2D eigenvalue weighted by molar-refractivity contribution is 5.85. The van der Waals surface area contributed by atoms with Crippen molar-refractivity contribution in [1.82, 2.24) is 5.32 Å². The molecule has 1 aliphatic carbocycles. The first-order valence-electron chi connectivity index (χ1n) is 6.32. The Kier molecular flexibility index (Phi) is 4.77. The zero-order valence-corrected chi connectivity index (χ0v) is 11.2. The average molecular weight is 243 g/mol. The van der Waals surface area contributed by atoms with Gasteiger partial charge in [-0.05, 0) is 19.8 Å². The summed E-state index contributed by atoms with van der Waals surface area (Å²) in [5.41, 5.74) is 5.74. The van der Waals surface area contributed by atoms with E-state index in [9.17, 15) is 0 Å². The maximum atomic E-state index is 8.70. The van der Waals surface area contributed by atoms with E-state index in [4.69, 9.17) is 15.7 Å². The van der Waals surface area contributed by atoms with Crippen molar-refractivity contribution in [3.63, 3.8) is 0 Å². The fourth-order valence-corrected chi connectivity index (χ4v) is 2.38. The lowest BCUT2D eigenvalue weighted by Crippen LogP contribution is -2.64. The summed E-state index contributed by atoms with van der Waals surface area (Å²) in [5.74, 6) is 0.253. The van der Waals surface area contributed by atoms with Crippen LogP contribution in [0.3, 0.4) is 0 Å². The molecule has 0 radical (unpaired) electrons. The van der Waals surface area contributed by atoms with Gasteiger partial charge in [0.25, 0.3) is 0 Å². The topological polar surface area (TPSA) is 79.9 Å². The molecule has 1 rings (SSSR count). The number of nitrogens with one attached hydrogen (secondary N) is 1. The Morgan fingerprint density at radius 1 is 1.59 bits per heavy atom. The molecule has 1 fully saturated rings. The van der Waals surface area contributed by atoms with Gasteiger partial charge >= 0.3 is 0 Å². The minimum Gasteiger partial charge on any atom is -0.409 e. The van der Waals surface area contributed by atoms with Crippen molar-refractivity contribution in [1.29, 1.82) is 0 Å². The van der Waals surface area contributed by atoms with Crippen LogP contribution in [0.15, 0.2) is 5.16 Å². The summed E-state index contributed by atoms with van der Waals surface area (Å²) >= 11 is 0. The zero-order chi connectivity index (χ0) is 13.1. The van der Waals surface area contributed by atoms with Crippen LogP contribution in [0.5, 0.6) is 0 Å². The Morgan fingerprint density at radius 3 is 2.65 bits per heavy atom. The van der Waals surface area contributed by atoms with Crippen LogP contribution in [0, 0.1) is 5.41 Å². The Morgan fingerprint density at radius 2 is 2.24 bits per heavy atom. The summed E-state index contributed by atoms with van der Waals surface area (Å²) < 4.78 is 5.67. The molecule has 5 nitrogen and oxygen atoms in total. The third-order valence-electron chi connectivity index (χ3n) is 3.83. The molecule has 100 valence electrons. The molecule has 3 atom stereocenters. The van der Waals surface area contributed by atoms with Crippen LogP contribution in [-0.4, -0.2) is 35.8 Å². The first-order valence-corrected chi connectivity index (χ1v) is 6.32. The van der Waals surface area contributed by atoms with Crippen LogP contribution in [0.25, 0.3) is 0 Å². The minimum atomic E-state index is -0.0631. The highest BCUT2D eigenvalue weighted by atomic mass is 16.5. The Bertz CT molecular complexity index is 279. The number of nitrogens with zero attached hydrogens (tertiary/aromatic N) is 1. The van der Waals surface area contributed by atoms with Crippen LogP contribution in [-0.2, 0) is 4.74 Å². The summed E-state index contributed by atoms with van der Waals surface area (Å²) in [6.45, 7) is 9.16. The predicted molar refractivity (Wildman–Crippen MR) is 68.2 cm³/mol. The molecule has 0 heterocycles. The van der Waals surface area contributed by atoms with Gasteiger partial charge in [0.1, 0.15) is 0 Å². The molecule has 1 aliphatic rings. The molecule has 0 aromatic rings. The van der Waals surface area contributed by atoms with E-state index in [1.165, 1.54) is 0 Å². The van der Waals surface area contributed by atoms with Gasteiger partial charge in [-0.25, -0.2) is 0 Å². The van der Waals surface area contributed by atoms with Crippen LogP contribution >= 0.6 is 0 Å². The minimum absolute atomic E-state index is 0.0631. The second-order valence-corrected chi connectivity index (χ2v) is 5.21. The number of rotatable bonds is 6. The Hall–Kier alpha value is -0.810. The van der Waals surface area contributed by atoms with Gasteiger partial charge in [0, 0.05) is 18.1 Å². The van der Waals surface area contributed by atoms with Gasteiger partial charge in [-0.15, -0.1) is 0 Å². The van der Waals surface area contributed by atoms with E-state index in [-0.39, 0.29) is 17.3 Å². The van der Waals surface area contributed by atoms with E-state index in [0.717, 1.165) is 19.4 Å². The number of nitrogens with two attached hydrogens (primary N) is 1. The molecule has 0 aliphatic heterocycles. The summed E-state index contributed by atoms with van der Waals surface area (Å²) in [4.78, 5) is 0. The van der Waals surface area contributed by atoms with E-state index >= 15 is 0 Å². The molecule has 5 heteroatoms. The monoisotopic (exact) mass is 243 g/mol. The van der Waals surface area contributed by atoms with Crippen molar-refractivity contribution in [2.75, 3.05) is 6.61 Å². The summed E-state index contributed by atoms with van der Waals surface area (Å²) in [5, 5.41) is 15.2. The lowest BCUT2D eigenvalue weighted by atomic mass is 9.64. The number of oxime groups is 1. The van der Waals surface area contributed by atoms with Crippen molar-refractivity contribution in [3.05, 3.63) is 0 Å². The SMILES string of the molecule is CCOC1CC(NC(CC)C(N)=NO)C1(C)C. The highest BCUT2D eigenvalue weighted by Crippen LogP contribution is 2.42. The van der Waals surface area contributed by atoms with Crippen molar-refractivity contribution in [3.8, 4) is 0 Å². The smallest absolute Gasteiger partial charge is 0.156 e. The molecule has 0 saturated heterocycles. The molecular formula is C12H25N3O2. The molecule has 17 heavy (non-hydrogen) atoms. The third kappa shape index (κ3) is 2.90. The number of hydrogen-bond acceptors (Lipinski definition) is 4. The lowest BCUT2D eigenvalue weighted by Gasteiger charge is -2.52. The Labute approximate surface area is 103 Å². The van der Waals surface area contributed by atoms with Crippen LogP contribution in [0.2, 0.25) is 0 Å². The molecule has 1 saturated carbocycles. The van der Waals surface area contributed by atoms with Gasteiger partial charge in [-0.2, -0.15) is 0 Å². The molecule has 0 aromatic carbocycles. The zero-order valence-electron chi connectivity index (χ0n) is 11.2. The Balaban J connectivity index is 2.54. The maximum Gasteiger partial charge on any atom is 0.156 e. The van der Waals surface area contributed by atoms with Gasteiger partial charge in [0.15, 0.2) is 5.84 Å². The average Bonchev–Trinajstić information content (AvgIpc) is 2.32. The highest BCUT2D eigenvalue weighted by Gasteiger charge is 2.49. The predicted octanol–water partition coefficient (Wildman–Crippen LogP) is 1.30. The first-order chi connectivity index (χ1) is 7.97. The molecule has 4 N–H and O–H groups in total. The molecule has 0 aromatic heterocycles. The molecule has 3 unspecified atom stereocenters. The fraction of sp³-hybridized carbons (Fsp3) is 0.917. The van der Waals surface area contributed by atoms with Crippen molar-refractivity contribution in [2.45, 2.75) is 58.7 Å². The van der Waals surface area contributed by atoms with Crippen molar-refractivity contribution < 1.29 is 9.94 Å². The van der Waals surface area contributed by atoms with Crippen LogP contribution in [0.1, 0.15) is 40.5 Å². The maximum absolute atomic E-state index is 8.70. The quantitative estimate of drug-likeness (QED) is 0.284. The van der Waals surface area contributed by atoms with E-state index in [1.54, 1.807) is 0 Å². The van der Waals surface area contributed by atoms with Crippen LogP contribution < -0.4 is 11.1 Å². The van der Waals surface area contributed by atoms with Gasteiger partial charge in [0.05, 0.1) is 12.1 Å². The normalized spacial score (nSPS) is 29.8. The number of ether oxygens (including phenoxy) is 1. The summed E-state index contributed by atoms with van der Waals surface area (Å²) in [6.07, 6.45) is 2.09.